The van der Waals surface area contributed by atoms with Crippen LogP contribution < -0.4 is 4.74 Å². The summed E-state index contributed by atoms with van der Waals surface area (Å²) in [5, 5.41) is 0. The van der Waals surface area contributed by atoms with Crippen molar-refractivity contribution < 1.29 is 17.9 Å². The molecule has 1 aliphatic rings. The third-order valence-electron chi connectivity index (χ3n) is 3.12. The molecular formula is C13H15BrO4S. The first kappa shape index (κ1) is 14.5. The maximum Gasteiger partial charge on any atom is 0.167 e. The number of hydrogen-bond acceptors (Lipinski definition) is 4. The number of benzene rings is 1. The van der Waals surface area contributed by atoms with Gasteiger partial charge in [-0.2, -0.15) is 0 Å². The Balaban J connectivity index is 2.18. The number of carbonyl (C=O) groups is 1. The Kier molecular flexibility index (Phi) is 4.30. The Morgan fingerprint density at radius 1 is 1.47 bits per heavy atom. The molecule has 19 heavy (non-hydrogen) atoms. The lowest BCUT2D eigenvalue weighted by Gasteiger charge is -2.10. The van der Waals surface area contributed by atoms with Crippen LogP contribution in [0.5, 0.6) is 5.75 Å². The second-order valence-electron chi connectivity index (χ2n) is 4.54. The number of carbonyl (C=O) groups excluding carboxylic acids is 1. The number of ketones is 1. The normalized spacial score (nSPS) is 21.3. The van der Waals surface area contributed by atoms with Crippen LogP contribution in [0.4, 0.5) is 0 Å². The molecule has 1 aliphatic heterocycles. The molecule has 0 N–H and O–H groups in total. The van der Waals surface area contributed by atoms with Gasteiger partial charge in [0.2, 0.25) is 0 Å². The summed E-state index contributed by atoms with van der Waals surface area (Å²) in [4.78, 5) is 12.2. The SMILES string of the molecule is CCOc1ccc(C(=O)C2CCS(=O)(=O)C2)cc1Br. The average Bonchev–Trinajstić information content (AvgIpc) is 2.71. The average molecular weight is 347 g/mol. The highest BCUT2D eigenvalue weighted by Crippen LogP contribution is 2.29. The van der Waals surface area contributed by atoms with Crippen molar-refractivity contribution in [3.8, 4) is 5.75 Å². The molecule has 1 fully saturated rings. The van der Waals surface area contributed by atoms with Gasteiger partial charge >= 0.3 is 0 Å². The second kappa shape index (κ2) is 5.63. The van der Waals surface area contributed by atoms with E-state index in [0.717, 1.165) is 0 Å². The van der Waals surface area contributed by atoms with Crippen molar-refractivity contribution in [1.29, 1.82) is 0 Å². The van der Waals surface area contributed by atoms with Crippen LogP contribution in [0.2, 0.25) is 0 Å². The Morgan fingerprint density at radius 3 is 2.74 bits per heavy atom. The molecule has 1 saturated heterocycles. The molecule has 104 valence electrons. The van der Waals surface area contributed by atoms with E-state index < -0.39 is 15.8 Å². The van der Waals surface area contributed by atoms with Gasteiger partial charge in [0.25, 0.3) is 0 Å². The minimum Gasteiger partial charge on any atom is -0.493 e. The van der Waals surface area contributed by atoms with Crippen LogP contribution in [0.25, 0.3) is 0 Å². The van der Waals surface area contributed by atoms with Crippen molar-refractivity contribution >= 4 is 31.6 Å². The first-order chi connectivity index (χ1) is 8.93. The molecule has 0 bridgehead atoms. The fourth-order valence-electron chi connectivity index (χ4n) is 2.16. The Bertz CT molecular complexity index is 595. The van der Waals surface area contributed by atoms with Crippen LogP contribution in [0.3, 0.4) is 0 Å². The zero-order chi connectivity index (χ0) is 14.0. The molecule has 1 aromatic carbocycles. The van der Waals surface area contributed by atoms with Crippen molar-refractivity contribution in [2.45, 2.75) is 13.3 Å². The summed E-state index contributed by atoms with van der Waals surface area (Å²) in [5.41, 5.74) is 0.525. The minimum atomic E-state index is -3.03. The van der Waals surface area contributed by atoms with Crippen molar-refractivity contribution in [3.63, 3.8) is 0 Å². The van der Waals surface area contributed by atoms with E-state index in [1.165, 1.54) is 0 Å². The lowest BCUT2D eigenvalue weighted by atomic mass is 9.97. The van der Waals surface area contributed by atoms with Crippen LogP contribution in [0, 0.1) is 5.92 Å². The van der Waals surface area contributed by atoms with E-state index in [-0.39, 0.29) is 17.3 Å². The van der Waals surface area contributed by atoms with Gasteiger partial charge in [-0.15, -0.1) is 0 Å². The van der Waals surface area contributed by atoms with Crippen molar-refractivity contribution in [3.05, 3.63) is 28.2 Å². The fourth-order valence-corrected chi connectivity index (χ4v) is 4.40. The predicted molar refractivity (Wildman–Crippen MR) is 76.4 cm³/mol. The van der Waals surface area contributed by atoms with Gasteiger partial charge in [0.05, 0.1) is 22.6 Å². The summed E-state index contributed by atoms with van der Waals surface area (Å²) >= 11 is 3.35. The van der Waals surface area contributed by atoms with Crippen LogP contribution in [0.1, 0.15) is 23.7 Å². The molecule has 0 amide bonds. The molecular weight excluding hydrogens is 332 g/mol. The summed E-state index contributed by atoms with van der Waals surface area (Å²) in [7, 11) is -3.03. The van der Waals surface area contributed by atoms with E-state index in [1.54, 1.807) is 18.2 Å². The van der Waals surface area contributed by atoms with Gasteiger partial charge in [0.15, 0.2) is 15.6 Å². The van der Waals surface area contributed by atoms with Crippen LogP contribution in [0.15, 0.2) is 22.7 Å². The molecule has 4 nitrogen and oxygen atoms in total. The monoisotopic (exact) mass is 346 g/mol. The van der Waals surface area contributed by atoms with Gasteiger partial charge in [0.1, 0.15) is 5.75 Å². The number of rotatable bonds is 4. The van der Waals surface area contributed by atoms with Gasteiger partial charge in [-0.1, -0.05) is 0 Å². The summed E-state index contributed by atoms with van der Waals surface area (Å²) in [6, 6.07) is 5.10. The highest BCUT2D eigenvalue weighted by Gasteiger charge is 2.33. The first-order valence-corrected chi connectivity index (χ1v) is 8.71. The standard InChI is InChI=1S/C13H15BrO4S/c1-2-18-12-4-3-9(7-11(12)14)13(15)10-5-6-19(16,17)8-10/h3-4,7,10H,2,5-6,8H2,1H3. The molecule has 0 aliphatic carbocycles. The summed E-state index contributed by atoms with van der Waals surface area (Å²) in [5.74, 6) is 0.246. The Labute approximate surface area is 121 Å². The van der Waals surface area contributed by atoms with Crippen molar-refractivity contribution in [2.24, 2.45) is 5.92 Å². The number of hydrogen-bond donors (Lipinski definition) is 0. The largest absolute Gasteiger partial charge is 0.493 e. The third-order valence-corrected chi connectivity index (χ3v) is 5.51. The van der Waals surface area contributed by atoms with E-state index in [0.29, 0.717) is 28.8 Å². The molecule has 2 rings (SSSR count). The topological polar surface area (TPSA) is 60.4 Å². The third kappa shape index (κ3) is 3.36. The second-order valence-corrected chi connectivity index (χ2v) is 7.63. The molecule has 0 radical (unpaired) electrons. The Hall–Kier alpha value is -0.880. The van der Waals surface area contributed by atoms with E-state index in [4.69, 9.17) is 4.74 Å². The van der Waals surface area contributed by atoms with Crippen molar-refractivity contribution in [2.75, 3.05) is 18.1 Å². The van der Waals surface area contributed by atoms with Crippen molar-refractivity contribution in [1.82, 2.24) is 0 Å². The molecule has 1 heterocycles. The predicted octanol–water partition coefficient (Wildman–Crippen LogP) is 2.47. The fraction of sp³-hybridized carbons (Fsp3) is 0.462. The summed E-state index contributed by atoms with van der Waals surface area (Å²) < 4.78 is 28.9. The van der Waals surface area contributed by atoms with E-state index in [9.17, 15) is 13.2 Å². The maximum atomic E-state index is 12.2. The number of Topliss-reactive ketones (excluding diaryl/α,β-unsaturated/α-hetero) is 1. The smallest absolute Gasteiger partial charge is 0.167 e. The first-order valence-electron chi connectivity index (χ1n) is 6.10. The summed E-state index contributed by atoms with van der Waals surface area (Å²) in [6.45, 7) is 2.43. The molecule has 1 atom stereocenters. The molecule has 0 saturated carbocycles. The van der Waals surface area contributed by atoms with Crippen LogP contribution in [-0.2, 0) is 9.84 Å². The number of ether oxygens (including phenoxy) is 1. The van der Waals surface area contributed by atoms with Gasteiger partial charge < -0.3 is 4.74 Å². The summed E-state index contributed by atoms with van der Waals surface area (Å²) in [6.07, 6.45) is 0.423. The van der Waals surface area contributed by atoms with E-state index in [1.807, 2.05) is 6.92 Å². The molecule has 1 unspecified atom stereocenters. The minimum absolute atomic E-state index is 0.0311. The molecule has 1 aromatic rings. The van der Waals surface area contributed by atoms with Gasteiger partial charge in [-0.3, -0.25) is 4.79 Å². The highest BCUT2D eigenvalue weighted by atomic mass is 79.9. The number of halogens is 1. The maximum absolute atomic E-state index is 12.2. The number of sulfone groups is 1. The molecule has 0 aromatic heterocycles. The lowest BCUT2D eigenvalue weighted by molar-refractivity contribution is 0.0933. The van der Waals surface area contributed by atoms with Gasteiger partial charge in [0, 0.05) is 11.5 Å². The quantitative estimate of drug-likeness (QED) is 0.785. The van der Waals surface area contributed by atoms with Gasteiger partial charge in [-0.05, 0) is 47.5 Å². The van der Waals surface area contributed by atoms with Crippen LogP contribution in [-0.4, -0.2) is 32.3 Å². The Morgan fingerprint density at radius 2 is 2.21 bits per heavy atom. The molecule has 0 spiro atoms. The lowest BCUT2D eigenvalue weighted by Crippen LogP contribution is -2.16. The van der Waals surface area contributed by atoms with Gasteiger partial charge in [-0.25, -0.2) is 8.42 Å². The van der Waals surface area contributed by atoms with E-state index >= 15 is 0 Å². The molecule has 6 heteroatoms. The van der Waals surface area contributed by atoms with Crippen LogP contribution >= 0.6 is 15.9 Å². The highest BCUT2D eigenvalue weighted by molar-refractivity contribution is 9.10. The zero-order valence-corrected chi connectivity index (χ0v) is 13.0. The van der Waals surface area contributed by atoms with E-state index in [2.05, 4.69) is 15.9 Å². The zero-order valence-electron chi connectivity index (χ0n) is 10.6.